The van der Waals surface area contributed by atoms with Gasteiger partial charge in [0.2, 0.25) is 11.8 Å². The number of ether oxygens (including phenoxy) is 1. The van der Waals surface area contributed by atoms with E-state index < -0.39 is 17.1 Å². The third-order valence-electron chi connectivity index (χ3n) is 4.70. The molecule has 7 nitrogen and oxygen atoms in total. The Hall–Kier alpha value is -3.49. The summed E-state index contributed by atoms with van der Waals surface area (Å²) >= 11 is 7.42. The maximum atomic E-state index is 13.4. The van der Waals surface area contributed by atoms with Crippen LogP contribution in [0.3, 0.4) is 0 Å². The number of nitrogens with one attached hydrogen (secondary N) is 2. The number of hydrogen-bond donors (Lipinski definition) is 3. The van der Waals surface area contributed by atoms with Crippen molar-refractivity contribution in [2.75, 3.05) is 17.7 Å². The first-order valence-electron chi connectivity index (χ1n) is 10.3. The summed E-state index contributed by atoms with van der Waals surface area (Å²) in [5.74, 6) is -1.21. The van der Waals surface area contributed by atoms with E-state index in [9.17, 15) is 14.4 Å². The molecule has 0 radical (unpaired) electrons. The minimum atomic E-state index is -1.03. The fourth-order valence-corrected chi connectivity index (χ4v) is 4.36. The molecule has 3 aromatic carbocycles. The molecule has 0 aromatic heterocycles. The Labute approximate surface area is 206 Å². The first kappa shape index (κ1) is 25.1. The molecule has 0 heterocycles. The van der Waals surface area contributed by atoms with Gasteiger partial charge in [-0.1, -0.05) is 48.0 Å². The average Bonchev–Trinajstić information content (AvgIpc) is 2.82. The van der Waals surface area contributed by atoms with Crippen LogP contribution in [0.15, 0.2) is 77.7 Å². The van der Waals surface area contributed by atoms with Crippen LogP contribution in [-0.4, -0.2) is 30.0 Å². The molecule has 3 rings (SSSR count). The Morgan fingerprint density at radius 2 is 1.74 bits per heavy atom. The van der Waals surface area contributed by atoms with E-state index in [1.807, 2.05) is 36.4 Å². The number of carbonyl (C=O) groups excluding carboxylic acids is 2. The lowest BCUT2D eigenvalue weighted by Crippen LogP contribution is -2.19. The number of aliphatic carboxylic acids is 1. The van der Waals surface area contributed by atoms with Gasteiger partial charge in [0.15, 0.2) is 0 Å². The van der Waals surface area contributed by atoms with Gasteiger partial charge in [-0.25, -0.2) is 0 Å². The molecule has 1 unspecified atom stereocenters. The first-order valence-corrected chi connectivity index (χ1v) is 11.6. The molecule has 176 valence electrons. The molecule has 34 heavy (non-hydrogen) atoms. The molecule has 0 spiro atoms. The average molecular weight is 499 g/mol. The van der Waals surface area contributed by atoms with E-state index in [4.69, 9.17) is 21.4 Å². The van der Waals surface area contributed by atoms with Crippen LogP contribution in [-0.2, 0) is 14.4 Å². The summed E-state index contributed by atoms with van der Waals surface area (Å²) in [4.78, 5) is 36.8. The highest BCUT2D eigenvalue weighted by Crippen LogP contribution is 2.38. The molecule has 2 amide bonds. The summed E-state index contributed by atoms with van der Waals surface area (Å²) in [6.07, 6.45) is -0.368. The number of amides is 2. The first-order chi connectivity index (χ1) is 16.4. The second kappa shape index (κ2) is 12.1. The van der Waals surface area contributed by atoms with E-state index >= 15 is 0 Å². The number of carboxylic acid groups (broad SMARTS) is 1. The van der Waals surface area contributed by atoms with Crippen molar-refractivity contribution in [3.8, 4) is 5.75 Å². The van der Waals surface area contributed by atoms with E-state index in [2.05, 4.69) is 10.6 Å². The van der Waals surface area contributed by atoms with Crippen LogP contribution in [0.2, 0.25) is 5.02 Å². The van der Waals surface area contributed by atoms with Crippen LogP contribution < -0.4 is 15.4 Å². The van der Waals surface area contributed by atoms with Gasteiger partial charge in [-0.2, -0.15) is 0 Å². The molecule has 0 saturated carbocycles. The fraction of sp³-hybridized carbons (Fsp3) is 0.160. The molecule has 0 aliphatic carbocycles. The van der Waals surface area contributed by atoms with E-state index in [-0.39, 0.29) is 18.7 Å². The summed E-state index contributed by atoms with van der Waals surface area (Å²) in [5, 5.41) is 14.2. The zero-order chi connectivity index (χ0) is 24.5. The van der Waals surface area contributed by atoms with E-state index in [1.165, 1.54) is 18.9 Å². The van der Waals surface area contributed by atoms with Crippen molar-refractivity contribution in [1.29, 1.82) is 0 Å². The maximum Gasteiger partial charge on any atom is 0.303 e. The van der Waals surface area contributed by atoms with E-state index in [0.29, 0.717) is 22.1 Å². The van der Waals surface area contributed by atoms with Crippen LogP contribution in [0.4, 0.5) is 11.4 Å². The molecular formula is C25H23ClN2O5S. The zero-order valence-electron chi connectivity index (χ0n) is 18.3. The molecule has 0 aliphatic heterocycles. The number of rotatable bonds is 10. The van der Waals surface area contributed by atoms with Crippen molar-refractivity contribution in [2.24, 2.45) is 0 Å². The van der Waals surface area contributed by atoms with Gasteiger partial charge in [0, 0.05) is 22.0 Å². The molecule has 1 atom stereocenters. The van der Waals surface area contributed by atoms with Gasteiger partial charge >= 0.3 is 5.97 Å². The van der Waals surface area contributed by atoms with Crippen LogP contribution >= 0.6 is 23.4 Å². The Kier molecular flexibility index (Phi) is 8.95. The number of halogens is 1. The monoisotopic (exact) mass is 498 g/mol. The number of methoxy groups -OCH3 is 1. The summed E-state index contributed by atoms with van der Waals surface area (Å²) in [6.45, 7) is 0. The summed E-state index contributed by atoms with van der Waals surface area (Å²) in [6, 6.07) is 21.3. The largest absolute Gasteiger partial charge is 0.495 e. The zero-order valence-corrected chi connectivity index (χ0v) is 19.9. The topological polar surface area (TPSA) is 105 Å². The van der Waals surface area contributed by atoms with Gasteiger partial charge in [-0.3, -0.25) is 14.4 Å². The van der Waals surface area contributed by atoms with Crippen molar-refractivity contribution in [3.63, 3.8) is 0 Å². The number of anilines is 2. The number of carbonyl (C=O) groups is 3. The molecule has 0 fully saturated rings. The quantitative estimate of drug-likeness (QED) is 0.313. The highest BCUT2D eigenvalue weighted by Gasteiger charge is 2.23. The molecule has 9 heteroatoms. The third-order valence-corrected chi connectivity index (χ3v) is 6.18. The lowest BCUT2D eigenvalue weighted by Gasteiger charge is -2.19. The van der Waals surface area contributed by atoms with Crippen molar-refractivity contribution in [3.05, 3.63) is 83.4 Å². The molecule has 0 aliphatic rings. The Balaban J connectivity index is 1.81. The van der Waals surface area contributed by atoms with Gasteiger partial charge < -0.3 is 20.5 Å². The predicted molar refractivity (Wildman–Crippen MR) is 134 cm³/mol. The Morgan fingerprint density at radius 1 is 0.971 bits per heavy atom. The van der Waals surface area contributed by atoms with Crippen LogP contribution in [0.25, 0.3) is 0 Å². The van der Waals surface area contributed by atoms with Crippen molar-refractivity contribution >= 4 is 52.5 Å². The summed E-state index contributed by atoms with van der Waals surface area (Å²) in [7, 11) is 1.51. The van der Waals surface area contributed by atoms with E-state index in [1.54, 1.807) is 36.4 Å². The number of hydrogen-bond acceptors (Lipinski definition) is 5. The molecule has 0 saturated heterocycles. The highest BCUT2D eigenvalue weighted by molar-refractivity contribution is 8.00. The number of benzene rings is 3. The normalized spacial score (nSPS) is 11.4. The Bertz CT molecular complexity index is 1170. The number of thioether (sulfide) groups is 1. The SMILES string of the molecule is COc1ccc(Cl)cc1NC(=O)C(Sc1cccc(NC(=O)CCC(=O)O)c1)c1ccccc1. The number of carboxylic acids is 1. The molecular weight excluding hydrogens is 476 g/mol. The van der Waals surface area contributed by atoms with Gasteiger partial charge in [0.25, 0.3) is 0 Å². The minimum absolute atomic E-state index is 0.122. The second-order valence-electron chi connectivity index (χ2n) is 7.21. The maximum absolute atomic E-state index is 13.4. The summed E-state index contributed by atoms with van der Waals surface area (Å²) in [5.41, 5.74) is 1.77. The standard InChI is InChI=1S/C25H23ClN2O5S/c1-33-21-11-10-17(26)14-20(21)28-25(32)24(16-6-3-2-4-7-16)34-19-9-5-8-18(15-19)27-22(29)12-13-23(30)31/h2-11,14-15,24H,12-13H2,1H3,(H,27,29)(H,28,32)(H,30,31). The third kappa shape index (κ3) is 7.26. The van der Waals surface area contributed by atoms with Gasteiger partial charge in [0.1, 0.15) is 11.0 Å². The van der Waals surface area contributed by atoms with Gasteiger partial charge in [0.05, 0.1) is 19.2 Å². The van der Waals surface area contributed by atoms with Crippen molar-refractivity contribution in [1.82, 2.24) is 0 Å². The van der Waals surface area contributed by atoms with Gasteiger partial charge in [-0.15, -0.1) is 11.8 Å². The van der Waals surface area contributed by atoms with Crippen LogP contribution in [0, 0.1) is 0 Å². The molecule has 3 N–H and O–H groups in total. The smallest absolute Gasteiger partial charge is 0.303 e. The van der Waals surface area contributed by atoms with E-state index in [0.717, 1.165) is 10.5 Å². The van der Waals surface area contributed by atoms with Crippen molar-refractivity contribution < 1.29 is 24.2 Å². The molecule has 3 aromatic rings. The summed E-state index contributed by atoms with van der Waals surface area (Å²) < 4.78 is 5.34. The minimum Gasteiger partial charge on any atom is -0.495 e. The lowest BCUT2D eigenvalue weighted by molar-refractivity contribution is -0.138. The van der Waals surface area contributed by atoms with Crippen molar-refractivity contribution in [2.45, 2.75) is 23.0 Å². The fourth-order valence-electron chi connectivity index (χ4n) is 3.10. The molecule has 0 bridgehead atoms. The Morgan fingerprint density at radius 3 is 2.44 bits per heavy atom. The van der Waals surface area contributed by atoms with Crippen LogP contribution in [0.1, 0.15) is 23.7 Å². The lowest BCUT2D eigenvalue weighted by atomic mass is 10.1. The van der Waals surface area contributed by atoms with Gasteiger partial charge in [-0.05, 0) is 42.0 Å². The second-order valence-corrected chi connectivity index (χ2v) is 8.83. The predicted octanol–water partition coefficient (Wildman–Crippen LogP) is 5.62. The van der Waals surface area contributed by atoms with Crippen LogP contribution in [0.5, 0.6) is 5.75 Å². The highest BCUT2D eigenvalue weighted by atomic mass is 35.5.